The van der Waals surface area contributed by atoms with Crippen molar-refractivity contribution in [2.45, 2.75) is 12.5 Å². The average Bonchev–Trinajstić information content (AvgIpc) is 3.06. The SMILES string of the molecule is N[C@@H](c1ccccc1)c1ccc(N2CCc3ccccc32)nc1. The molecule has 114 valence electrons. The van der Waals surface area contributed by atoms with Crippen molar-refractivity contribution >= 4 is 11.5 Å². The molecule has 0 radical (unpaired) electrons. The van der Waals surface area contributed by atoms with E-state index in [1.165, 1.54) is 11.3 Å². The van der Waals surface area contributed by atoms with E-state index in [1.54, 1.807) is 0 Å². The minimum absolute atomic E-state index is 0.136. The van der Waals surface area contributed by atoms with Crippen LogP contribution in [0.25, 0.3) is 0 Å². The fourth-order valence-corrected chi connectivity index (χ4v) is 3.17. The molecule has 1 atom stereocenters. The number of nitrogens with two attached hydrogens (primary N) is 1. The Morgan fingerprint density at radius 1 is 0.870 bits per heavy atom. The second-order valence-electron chi connectivity index (χ2n) is 5.87. The van der Waals surface area contributed by atoms with Crippen LogP contribution in [0.4, 0.5) is 11.5 Å². The summed E-state index contributed by atoms with van der Waals surface area (Å²) in [5, 5.41) is 0. The van der Waals surface area contributed by atoms with Crippen molar-refractivity contribution in [3.63, 3.8) is 0 Å². The lowest BCUT2D eigenvalue weighted by Crippen LogP contribution is -2.16. The Labute approximate surface area is 136 Å². The lowest BCUT2D eigenvalue weighted by Gasteiger charge is -2.19. The van der Waals surface area contributed by atoms with Crippen LogP contribution in [0.15, 0.2) is 72.9 Å². The number of aromatic nitrogens is 1. The lowest BCUT2D eigenvalue weighted by atomic mass is 10.0. The summed E-state index contributed by atoms with van der Waals surface area (Å²) in [5.41, 5.74) is 11.1. The molecule has 0 bridgehead atoms. The number of rotatable bonds is 3. The van der Waals surface area contributed by atoms with Crippen LogP contribution >= 0.6 is 0 Å². The molecule has 3 heteroatoms. The first kappa shape index (κ1) is 14.0. The number of pyridine rings is 1. The highest BCUT2D eigenvalue weighted by molar-refractivity contribution is 5.67. The third-order valence-electron chi connectivity index (χ3n) is 4.45. The van der Waals surface area contributed by atoms with Crippen LogP contribution in [0.5, 0.6) is 0 Å². The van der Waals surface area contributed by atoms with Gasteiger partial charge in [-0.2, -0.15) is 0 Å². The van der Waals surface area contributed by atoms with Crippen LogP contribution in [0.2, 0.25) is 0 Å². The van der Waals surface area contributed by atoms with Crippen LogP contribution in [0.1, 0.15) is 22.7 Å². The zero-order chi connectivity index (χ0) is 15.6. The van der Waals surface area contributed by atoms with Crippen molar-refractivity contribution in [2.75, 3.05) is 11.4 Å². The first-order chi connectivity index (χ1) is 11.3. The number of anilines is 2. The number of hydrogen-bond acceptors (Lipinski definition) is 3. The number of nitrogens with zero attached hydrogens (tertiary/aromatic N) is 2. The first-order valence-electron chi connectivity index (χ1n) is 7.95. The Morgan fingerprint density at radius 3 is 2.43 bits per heavy atom. The predicted molar refractivity (Wildman–Crippen MR) is 93.9 cm³/mol. The van der Waals surface area contributed by atoms with E-state index in [0.717, 1.165) is 29.9 Å². The number of para-hydroxylation sites is 1. The molecule has 2 heterocycles. The van der Waals surface area contributed by atoms with E-state index in [1.807, 2.05) is 24.4 Å². The largest absolute Gasteiger partial charge is 0.326 e. The van der Waals surface area contributed by atoms with Crippen molar-refractivity contribution < 1.29 is 0 Å². The van der Waals surface area contributed by atoms with Gasteiger partial charge in [-0.05, 0) is 35.2 Å². The monoisotopic (exact) mass is 301 g/mol. The summed E-state index contributed by atoms with van der Waals surface area (Å²) in [6.45, 7) is 0.983. The molecule has 0 saturated carbocycles. The Morgan fingerprint density at radius 2 is 1.65 bits per heavy atom. The van der Waals surface area contributed by atoms with Crippen LogP contribution < -0.4 is 10.6 Å². The summed E-state index contributed by atoms with van der Waals surface area (Å²) in [6, 6.07) is 22.7. The third kappa shape index (κ3) is 2.60. The molecular weight excluding hydrogens is 282 g/mol. The predicted octanol–water partition coefficient (Wildman–Crippen LogP) is 3.82. The van der Waals surface area contributed by atoms with Crippen LogP contribution in [-0.4, -0.2) is 11.5 Å². The fourth-order valence-electron chi connectivity index (χ4n) is 3.17. The molecule has 3 nitrogen and oxygen atoms in total. The Bertz CT molecular complexity index is 797. The fraction of sp³-hybridized carbons (Fsp3) is 0.150. The second kappa shape index (κ2) is 5.86. The van der Waals surface area contributed by atoms with Gasteiger partial charge in [0.25, 0.3) is 0 Å². The van der Waals surface area contributed by atoms with Gasteiger partial charge in [-0.25, -0.2) is 4.98 Å². The smallest absolute Gasteiger partial charge is 0.132 e. The van der Waals surface area contributed by atoms with Crippen LogP contribution in [-0.2, 0) is 6.42 Å². The molecule has 2 aromatic carbocycles. The highest BCUT2D eigenvalue weighted by Crippen LogP contribution is 2.33. The minimum atomic E-state index is -0.136. The molecule has 0 saturated heterocycles. The Balaban J connectivity index is 1.60. The normalized spacial score (nSPS) is 14.6. The molecular formula is C20H19N3. The average molecular weight is 301 g/mol. The number of hydrogen-bond donors (Lipinski definition) is 1. The minimum Gasteiger partial charge on any atom is -0.326 e. The maximum Gasteiger partial charge on any atom is 0.132 e. The molecule has 3 aromatic rings. The highest BCUT2D eigenvalue weighted by Gasteiger charge is 2.20. The van der Waals surface area contributed by atoms with Crippen molar-refractivity contribution in [3.05, 3.63) is 89.6 Å². The number of benzene rings is 2. The van der Waals surface area contributed by atoms with E-state index in [2.05, 4.69) is 58.4 Å². The summed E-state index contributed by atoms with van der Waals surface area (Å²) >= 11 is 0. The molecule has 23 heavy (non-hydrogen) atoms. The van der Waals surface area contributed by atoms with Gasteiger partial charge in [0.05, 0.1) is 6.04 Å². The van der Waals surface area contributed by atoms with Gasteiger partial charge in [0.1, 0.15) is 5.82 Å². The van der Waals surface area contributed by atoms with Crippen molar-refractivity contribution in [1.82, 2.24) is 4.98 Å². The van der Waals surface area contributed by atoms with E-state index in [4.69, 9.17) is 5.73 Å². The van der Waals surface area contributed by atoms with E-state index in [9.17, 15) is 0 Å². The van der Waals surface area contributed by atoms with E-state index in [0.29, 0.717) is 0 Å². The second-order valence-corrected chi connectivity index (χ2v) is 5.87. The van der Waals surface area contributed by atoms with E-state index in [-0.39, 0.29) is 6.04 Å². The molecule has 4 rings (SSSR count). The molecule has 0 amide bonds. The molecule has 0 fully saturated rings. The van der Waals surface area contributed by atoms with E-state index < -0.39 is 0 Å². The summed E-state index contributed by atoms with van der Waals surface area (Å²) in [4.78, 5) is 6.92. The van der Waals surface area contributed by atoms with Gasteiger partial charge in [0.2, 0.25) is 0 Å². The molecule has 0 spiro atoms. The third-order valence-corrected chi connectivity index (χ3v) is 4.45. The Kier molecular flexibility index (Phi) is 3.56. The lowest BCUT2D eigenvalue weighted by molar-refractivity contribution is 0.860. The molecule has 0 aliphatic carbocycles. The standard InChI is InChI=1S/C20H19N3/c21-20(16-7-2-1-3-8-16)17-10-11-19(22-14-17)23-13-12-15-6-4-5-9-18(15)23/h1-11,14,20H,12-13,21H2/t20-/m0/s1. The summed E-state index contributed by atoms with van der Waals surface area (Å²) in [5.74, 6) is 0.985. The topological polar surface area (TPSA) is 42.1 Å². The molecule has 1 aromatic heterocycles. The zero-order valence-electron chi connectivity index (χ0n) is 12.9. The van der Waals surface area contributed by atoms with Crippen molar-refractivity contribution in [2.24, 2.45) is 5.73 Å². The van der Waals surface area contributed by atoms with E-state index >= 15 is 0 Å². The molecule has 1 aliphatic rings. The summed E-state index contributed by atoms with van der Waals surface area (Å²) in [7, 11) is 0. The van der Waals surface area contributed by atoms with Gasteiger partial charge in [-0.15, -0.1) is 0 Å². The van der Waals surface area contributed by atoms with Gasteiger partial charge < -0.3 is 10.6 Å². The maximum atomic E-state index is 6.34. The zero-order valence-corrected chi connectivity index (χ0v) is 12.9. The van der Waals surface area contributed by atoms with Crippen LogP contribution in [0.3, 0.4) is 0 Å². The van der Waals surface area contributed by atoms with Crippen LogP contribution in [0, 0.1) is 0 Å². The summed E-state index contributed by atoms with van der Waals surface area (Å²) < 4.78 is 0. The summed E-state index contributed by atoms with van der Waals surface area (Å²) in [6.07, 6.45) is 2.97. The van der Waals surface area contributed by atoms with Gasteiger partial charge in [-0.3, -0.25) is 0 Å². The highest BCUT2D eigenvalue weighted by atomic mass is 15.2. The van der Waals surface area contributed by atoms with Gasteiger partial charge >= 0.3 is 0 Å². The Hall–Kier alpha value is -2.65. The van der Waals surface area contributed by atoms with Gasteiger partial charge in [0, 0.05) is 18.4 Å². The molecule has 2 N–H and O–H groups in total. The molecule has 1 aliphatic heterocycles. The maximum absolute atomic E-state index is 6.34. The van der Waals surface area contributed by atoms with Gasteiger partial charge in [0.15, 0.2) is 0 Å². The first-order valence-corrected chi connectivity index (χ1v) is 7.95. The van der Waals surface area contributed by atoms with Gasteiger partial charge in [-0.1, -0.05) is 54.6 Å². The van der Waals surface area contributed by atoms with Crippen molar-refractivity contribution in [3.8, 4) is 0 Å². The van der Waals surface area contributed by atoms with Crippen molar-refractivity contribution in [1.29, 1.82) is 0 Å². The molecule has 0 unspecified atom stereocenters. The quantitative estimate of drug-likeness (QED) is 0.799. The number of fused-ring (bicyclic) bond motifs is 1.